The van der Waals surface area contributed by atoms with Crippen molar-refractivity contribution in [1.82, 2.24) is 5.43 Å². The number of ether oxygens (including phenoxy) is 3. The number of rotatable bonds is 11. The summed E-state index contributed by atoms with van der Waals surface area (Å²) in [6.07, 6.45) is 2.77. The van der Waals surface area contributed by atoms with Gasteiger partial charge in [-0.05, 0) is 78.3 Å². The minimum atomic E-state index is -0.187. The molecule has 2 rings (SSSR count). The lowest BCUT2D eigenvalue weighted by atomic mass is 10.1. The van der Waals surface area contributed by atoms with Crippen molar-refractivity contribution in [1.29, 1.82) is 0 Å². The van der Waals surface area contributed by atoms with Gasteiger partial charge in [-0.25, -0.2) is 5.43 Å². The summed E-state index contributed by atoms with van der Waals surface area (Å²) in [5, 5.41) is 4.07. The molecule has 0 saturated carbocycles. The summed E-state index contributed by atoms with van der Waals surface area (Å²) in [5.74, 6) is 2.02. The van der Waals surface area contributed by atoms with Crippen molar-refractivity contribution in [2.45, 2.75) is 33.6 Å². The van der Waals surface area contributed by atoms with E-state index in [2.05, 4.69) is 40.0 Å². The average molecular weight is 510 g/mol. The van der Waals surface area contributed by atoms with Gasteiger partial charge in [-0.2, -0.15) is 5.10 Å². The Bertz CT molecular complexity index is 822. The van der Waals surface area contributed by atoms with Crippen LogP contribution in [0.25, 0.3) is 0 Å². The van der Waals surface area contributed by atoms with Gasteiger partial charge in [0.15, 0.2) is 11.5 Å². The zero-order chi connectivity index (χ0) is 21.1. The van der Waals surface area contributed by atoms with E-state index in [1.165, 1.54) is 0 Å². The lowest BCUT2D eigenvalue weighted by molar-refractivity contribution is -0.120. The van der Waals surface area contributed by atoms with E-state index in [9.17, 15) is 4.79 Å². The molecule has 0 spiro atoms. The molecule has 0 atom stereocenters. The lowest BCUT2D eigenvalue weighted by Gasteiger charge is -2.14. The van der Waals surface area contributed by atoms with Crippen LogP contribution in [0.1, 0.15) is 38.3 Å². The first-order valence-corrected chi connectivity index (χ1v) is 10.8. The second kappa shape index (κ2) is 12.3. The summed E-state index contributed by atoms with van der Waals surface area (Å²) in [4.78, 5) is 12.1. The van der Waals surface area contributed by atoms with E-state index in [1.54, 1.807) is 6.21 Å². The second-order valence-electron chi connectivity index (χ2n) is 6.16. The standard InChI is InChI=1S/C22H27IN2O4/c1-4-11-29-22-19(23)12-17(13-20(22)28-6-3)15-24-25-21(26)14-16-7-9-18(10-8-16)27-5-2/h7-10,12-13,15H,4-6,11,14H2,1-3H3,(H,25,26)/b24-15-. The van der Waals surface area contributed by atoms with Crippen LogP contribution in [-0.2, 0) is 11.2 Å². The number of carbonyl (C=O) groups excluding carboxylic acids is 1. The molecule has 0 heterocycles. The van der Waals surface area contributed by atoms with E-state index in [0.29, 0.717) is 25.6 Å². The van der Waals surface area contributed by atoms with Crippen LogP contribution in [0, 0.1) is 3.57 Å². The first-order chi connectivity index (χ1) is 14.1. The Morgan fingerprint density at radius 3 is 2.45 bits per heavy atom. The molecule has 2 aromatic carbocycles. The van der Waals surface area contributed by atoms with Gasteiger partial charge in [0.1, 0.15) is 5.75 Å². The second-order valence-corrected chi connectivity index (χ2v) is 7.32. The summed E-state index contributed by atoms with van der Waals surface area (Å²) in [6, 6.07) is 11.3. The molecule has 1 amide bonds. The molecule has 6 nitrogen and oxygen atoms in total. The Morgan fingerprint density at radius 2 is 1.79 bits per heavy atom. The maximum absolute atomic E-state index is 12.1. The molecular weight excluding hydrogens is 483 g/mol. The van der Waals surface area contributed by atoms with E-state index >= 15 is 0 Å². The monoisotopic (exact) mass is 510 g/mol. The molecule has 0 aliphatic heterocycles. The van der Waals surface area contributed by atoms with Gasteiger partial charge in [-0.1, -0.05) is 19.1 Å². The Morgan fingerprint density at radius 1 is 1.07 bits per heavy atom. The van der Waals surface area contributed by atoms with Crippen LogP contribution in [0.3, 0.4) is 0 Å². The van der Waals surface area contributed by atoms with Crippen molar-refractivity contribution in [3.05, 3.63) is 51.1 Å². The number of carbonyl (C=O) groups is 1. The van der Waals surface area contributed by atoms with Crippen molar-refractivity contribution >= 4 is 34.7 Å². The van der Waals surface area contributed by atoms with Gasteiger partial charge in [0.05, 0.1) is 36.0 Å². The Balaban J connectivity index is 1.98. The van der Waals surface area contributed by atoms with Gasteiger partial charge in [-0.3, -0.25) is 4.79 Å². The normalized spacial score (nSPS) is 10.8. The van der Waals surface area contributed by atoms with E-state index in [4.69, 9.17) is 14.2 Å². The predicted octanol–water partition coefficient (Wildman–Crippen LogP) is 4.57. The third-order valence-electron chi connectivity index (χ3n) is 3.78. The molecule has 0 unspecified atom stereocenters. The SMILES string of the molecule is CCCOc1c(I)cc(/C=N\NC(=O)Cc2ccc(OCC)cc2)cc1OCC. The molecule has 0 aliphatic carbocycles. The average Bonchev–Trinajstić information content (AvgIpc) is 2.69. The largest absolute Gasteiger partial charge is 0.494 e. The quantitative estimate of drug-likeness (QED) is 0.273. The number of nitrogens with zero attached hydrogens (tertiary/aromatic N) is 1. The summed E-state index contributed by atoms with van der Waals surface area (Å²) in [6.45, 7) is 7.71. The van der Waals surface area contributed by atoms with Crippen LogP contribution in [0.2, 0.25) is 0 Å². The Kier molecular flexibility index (Phi) is 9.76. The minimum Gasteiger partial charge on any atom is -0.494 e. The van der Waals surface area contributed by atoms with Crippen molar-refractivity contribution in [2.24, 2.45) is 5.10 Å². The highest BCUT2D eigenvalue weighted by molar-refractivity contribution is 14.1. The van der Waals surface area contributed by atoms with Gasteiger partial charge < -0.3 is 14.2 Å². The van der Waals surface area contributed by atoms with Gasteiger partial charge in [0, 0.05) is 0 Å². The van der Waals surface area contributed by atoms with Crippen molar-refractivity contribution < 1.29 is 19.0 Å². The fourth-order valence-corrected chi connectivity index (χ4v) is 3.32. The zero-order valence-corrected chi connectivity index (χ0v) is 19.2. The molecule has 1 N–H and O–H groups in total. The number of amides is 1. The number of benzene rings is 2. The molecular formula is C22H27IN2O4. The number of hydrogen-bond donors (Lipinski definition) is 1. The van der Waals surface area contributed by atoms with Crippen molar-refractivity contribution in [2.75, 3.05) is 19.8 Å². The first kappa shape index (κ1) is 23.0. The van der Waals surface area contributed by atoms with Crippen LogP contribution in [0.15, 0.2) is 41.5 Å². The number of nitrogens with one attached hydrogen (secondary N) is 1. The van der Waals surface area contributed by atoms with Gasteiger partial charge >= 0.3 is 0 Å². The molecule has 7 heteroatoms. The van der Waals surface area contributed by atoms with Gasteiger partial charge in [0.2, 0.25) is 5.91 Å². The molecule has 0 saturated heterocycles. The van der Waals surface area contributed by atoms with Crippen LogP contribution < -0.4 is 19.6 Å². The van der Waals surface area contributed by atoms with Crippen LogP contribution in [0.5, 0.6) is 17.2 Å². The minimum absolute atomic E-state index is 0.187. The topological polar surface area (TPSA) is 69.2 Å². The Labute approximate surface area is 185 Å². The van der Waals surface area contributed by atoms with Crippen LogP contribution in [-0.4, -0.2) is 31.9 Å². The molecule has 0 aliphatic rings. The smallest absolute Gasteiger partial charge is 0.244 e. The molecule has 29 heavy (non-hydrogen) atoms. The lowest BCUT2D eigenvalue weighted by Crippen LogP contribution is -2.19. The molecule has 0 fully saturated rings. The van der Waals surface area contributed by atoms with E-state index < -0.39 is 0 Å². The maximum atomic E-state index is 12.1. The predicted molar refractivity (Wildman–Crippen MR) is 123 cm³/mol. The van der Waals surface area contributed by atoms with Crippen LogP contribution >= 0.6 is 22.6 Å². The van der Waals surface area contributed by atoms with Crippen molar-refractivity contribution in [3.63, 3.8) is 0 Å². The van der Waals surface area contributed by atoms with Crippen molar-refractivity contribution in [3.8, 4) is 17.2 Å². The third kappa shape index (κ3) is 7.56. The Hall–Kier alpha value is -2.29. The molecule has 156 valence electrons. The maximum Gasteiger partial charge on any atom is 0.244 e. The summed E-state index contributed by atoms with van der Waals surface area (Å²) in [7, 11) is 0. The fourth-order valence-electron chi connectivity index (χ4n) is 2.54. The first-order valence-electron chi connectivity index (χ1n) is 9.70. The van der Waals surface area contributed by atoms with Crippen LogP contribution in [0.4, 0.5) is 0 Å². The van der Waals surface area contributed by atoms with Gasteiger partial charge in [-0.15, -0.1) is 0 Å². The van der Waals surface area contributed by atoms with E-state index in [1.807, 2.05) is 50.2 Å². The number of halogens is 1. The third-order valence-corrected chi connectivity index (χ3v) is 4.59. The molecule has 0 radical (unpaired) electrons. The molecule has 0 bridgehead atoms. The highest BCUT2D eigenvalue weighted by Crippen LogP contribution is 2.34. The summed E-state index contributed by atoms with van der Waals surface area (Å²) < 4.78 is 17.8. The van der Waals surface area contributed by atoms with E-state index in [0.717, 1.165) is 32.6 Å². The summed E-state index contributed by atoms with van der Waals surface area (Å²) in [5.41, 5.74) is 4.28. The fraction of sp³-hybridized carbons (Fsp3) is 0.364. The molecule has 2 aromatic rings. The zero-order valence-electron chi connectivity index (χ0n) is 17.0. The number of hydrazone groups is 1. The van der Waals surface area contributed by atoms with Gasteiger partial charge in [0.25, 0.3) is 0 Å². The highest BCUT2D eigenvalue weighted by atomic mass is 127. The highest BCUT2D eigenvalue weighted by Gasteiger charge is 2.11. The van der Waals surface area contributed by atoms with E-state index in [-0.39, 0.29) is 12.3 Å². The summed E-state index contributed by atoms with van der Waals surface area (Å²) >= 11 is 2.22. The molecule has 0 aromatic heterocycles. The number of hydrogen-bond acceptors (Lipinski definition) is 5.